The zero-order chi connectivity index (χ0) is 17.4. The van der Waals surface area contributed by atoms with Crippen molar-refractivity contribution in [1.82, 2.24) is 15.1 Å². The number of amides is 2. The van der Waals surface area contributed by atoms with Gasteiger partial charge in [-0.05, 0) is 24.1 Å². The summed E-state index contributed by atoms with van der Waals surface area (Å²) in [6.45, 7) is 8.40. The van der Waals surface area contributed by atoms with Gasteiger partial charge >= 0.3 is 6.03 Å². The third-order valence-corrected chi connectivity index (χ3v) is 4.22. The largest absolute Gasteiger partial charge is 0.493 e. The Bertz CT molecular complexity index is 554. The zero-order valence-corrected chi connectivity index (χ0v) is 14.6. The van der Waals surface area contributed by atoms with Crippen molar-refractivity contribution in [2.24, 2.45) is 0 Å². The number of hydrogen-bond donors (Lipinski definition) is 1. The summed E-state index contributed by atoms with van der Waals surface area (Å²) in [6, 6.07) is 6.03. The normalized spacial score (nSPS) is 15.0. The van der Waals surface area contributed by atoms with Gasteiger partial charge in [-0.25, -0.2) is 4.79 Å². The first kappa shape index (κ1) is 18.1. The summed E-state index contributed by atoms with van der Waals surface area (Å²) in [4.78, 5) is 16.1. The van der Waals surface area contributed by atoms with E-state index in [0.717, 1.165) is 50.6 Å². The number of urea groups is 1. The van der Waals surface area contributed by atoms with Crippen LogP contribution in [0.25, 0.3) is 0 Å². The first-order chi connectivity index (χ1) is 11.7. The maximum Gasteiger partial charge on any atom is 0.317 e. The van der Waals surface area contributed by atoms with E-state index in [-0.39, 0.29) is 6.03 Å². The second-order valence-corrected chi connectivity index (χ2v) is 5.74. The Balaban J connectivity index is 1.78. The minimum absolute atomic E-state index is 0.00515. The Hall–Kier alpha value is -2.21. The molecule has 0 unspecified atom stereocenters. The highest BCUT2D eigenvalue weighted by atomic mass is 16.5. The van der Waals surface area contributed by atoms with Gasteiger partial charge in [-0.15, -0.1) is 6.58 Å². The molecule has 0 aromatic heterocycles. The molecule has 1 N–H and O–H groups in total. The summed E-state index contributed by atoms with van der Waals surface area (Å²) >= 11 is 0. The van der Waals surface area contributed by atoms with Crippen molar-refractivity contribution in [1.29, 1.82) is 0 Å². The lowest BCUT2D eigenvalue weighted by molar-refractivity contribution is 0.141. The summed E-state index contributed by atoms with van der Waals surface area (Å²) in [5.41, 5.74) is 1.22. The van der Waals surface area contributed by atoms with Crippen LogP contribution >= 0.6 is 0 Å². The fraction of sp³-hybridized carbons (Fsp3) is 0.500. The van der Waals surface area contributed by atoms with Crippen LogP contribution in [0, 0.1) is 0 Å². The Labute approximate surface area is 144 Å². The van der Waals surface area contributed by atoms with Gasteiger partial charge < -0.3 is 19.7 Å². The summed E-state index contributed by atoms with van der Waals surface area (Å²) in [6.07, 6.45) is 2.64. The molecule has 1 aromatic rings. The molecule has 1 aliphatic rings. The third-order valence-electron chi connectivity index (χ3n) is 4.22. The summed E-state index contributed by atoms with van der Waals surface area (Å²) in [5.74, 6) is 1.51. The molecule has 1 aliphatic heterocycles. The molecule has 1 saturated heterocycles. The van der Waals surface area contributed by atoms with Crippen LogP contribution in [-0.4, -0.2) is 69.3 Å². The quantitative estimate of drug-likeness (QED) is 0.773. The van der Waals surface area contributed by atoms with Gasteiger partial charge in [0.1, 0.15) is 0 Å². The number of benzene rings is 1. The molecular formula is C18H27N3O3. The molecule has 0 atom stereocenters. The summed E-state index contributed by atoms with van der Waals surface area (Å²) in [5, 5.41) is 2.82. The van der Waals surface area contributed by atoms with Crippen LogP contribution in [0.5, 0.6) is 11.5 Å². The molecule has 24 heavy (non-hydrogen) atoms. The van der Waals surface area contributed by atoms with Crippen LogP contribution in [0.4, 0.5) is 4.79 Å². The Kier molecular flexibility index (Phi) is 6.93. The van der Waals surface area contributed by atoms with Crippen molar-refractivity contribution < 1.29 is 14.3 Å². The van der Waals surface area contributed by atoms with Crippen LogP contribution in [0.3, 0.4) is 0 Å². The van der Waals surface area contributed by atoms with Crippen LogP contribution in [0.1, 0.15) is 5.56 Å². The monoisotopic (exact) mass is 333 g/mol. The van der Waals surface area contributed by atoms with Crippen molar-refractivity contribution in [2.75, 3.05) is 53.5 Å². The van der Waals surface area contributed by atoms with E-state index in [9.17, 15) is 4.79 Å². The molecule has 2 rings (SSSR count). The van der Waals surface area contributed by atoms with Crippen LogP contribution in [0.2, 0.25) is 0 Å². The minimum atomic E-state index is -0.00515. The molecule has 0 radical (unpaired) electrons. The van der Waals surface area contributed by atoms with Crippen LogP contribution < -0.4 is 14.8 Å². The first-order valence-corrected chi connectivity index (χ1v) is 8.25. The van der Waals surface area contributed by atoms with Crippen LogP contribution in [0.15, 0.2) is 30.9 Å². The van der Waals surface area contributed by atoms with E-state index in [2.05, 4.69) is 22.9 Å². The molecule has 0 aliphatic carbocycles. The number of nitrogens with zero attached hydrogens (tertiary/aromatic N) is 2. The molecule has 0 spiro atoms. The van der Waals surface area contributed by atoms with E-state index in [0.29, 0.717) is 6.54 Å². The number of carbonyl (C=O) groups excluding carboxylic acids is 1. The topological polar surface area (TPSA) is 54.0 Å². The predicted molar refractivity (Wildman–Crippen MR) is 94.9 cm³/mol. The standard InChI is InChI=1S/C18H27N3O3/c1-4-8-19-18(22)21-12-10-20(11-13-21)9-7-15-5-6-16(23-2)17(14-15)24-3/h4-6,14H,1,7-13H2,2-3H3,(H,19,22). The molecule has 1 fully saturated rings. The fourth-order valence-electron chi connectivity index (χ4n) is 2.77. The number of piperazine rings is 1. The highest BCUT2D eigenvalue weighted by Crippen LogP contribution is 2.27. The van der Waals surface area contributed by atoms with Gasteiger partial charge in [0.15, 0.2) is 11.5 Å². The van der Waals surface area contributed by atoms with Gasteiger partial charge in [0.2, 0.25) is 0 Å². The Morgan fingerprint density at radius 1 is 1.21 bits per heavy atom. The molecule has 2 amide bonds. The lowest BCUT2D eigenvalue weighted by Crippen LogP contribution is -2.52. The average Bonchev–Trinajstić information content (AvgIpc) is 2.64. The number of ether oxygens (including phenoxy) is 2. The van der Waals surface area contributed by atoms with E-state index in [1.54, 1.807) is 20.3 Å². The maximum atomic E-state index is 11.9. The molecule has 0 bridgehead atoms. The highest BCUT2D eigenvalue weighted by Gasteiger charge is 2.20. The summed E-state index contributed by atoms with van der Waals surface area (Å²) < 4.78 is 10.6. The molecule has 0 saturated carbocycles. The van der Waals surface area contributed by atoms with Crippen molar-refractivity contribution in [3.63, 3.8) is 0 Å². The van der Waals surface area contributed by atoms with E-state index in [4.69, 9.17) is 9.47 Å². The Morgan fingerprint density at radius 2 is 1.92 bits per heavy atom. The number of nitrogens with one attached hydrogen (secondary N) is 1. The molecular weight excluding hydrogens is 306 g/mol. The molecule has 6 heteroatoms. The van der Waals surface area contributed by atoms with Gasteiger partial charge in [0.05, 0.1) is 14.2 Å². The number of methoxy groups -OCH3 is 2. The van der Waals surface area contributed by atoms with Crippen molar-refractivity contribution >= 4 is 6.03 Å². The molecule has 132 valence electrons. The summed E-state index contributed by atoms with van der Waals surface area (Å²) in [7, 11) is 3.29. The van der Waals surface area contributed by atoms with Gasteiger partial charge in [-0.2, -0.15) is 0 Å². The smallest absolute Gasteiger partial charge is 0.317 e. The maximum absolute atomic E-state index is 11.9. The average molecular weight is 333 g/mol. The van der Waals surface area contributed by atoms with Crippen molar-refractivity contribution in [3.05, 3.63) is 36.4 Å². The van der Waals surface area contributed by atoms with Crippen molar-refractivity contribution in [2.45, 2.75) is 6.42 Å². The highest BCUT2D eigenvalue weighted by molar-refractivity contribution is 5.74. The lowest BCUT2D eigenvalue weighted by atomic mass is 10.1. The molecule has 1 aromatic carbocycles. The van der Waals surface area contributed by atoms with E-state index in [1.807, 2.05) is 17.0 Å². The fourth-order valence-corrected chi connectivity index (χ4v) is 2.77. The van der Waals surface area contributed by atoms with E-state index >= 15 is 0 Å². The van der Waals surface area contributed by atoms with E-state index in [1.165, 1.54) is 5.56 Å². The number of rotatable bonds is 7. The van der Waals surface area contributed by atoms with Gasteiger partial charge in [-0.1, -0.05) is 12.1 Å². The third kappa shape index (κ3) is 4.89. The molecule has 1 heterocycles. The lowest BCUT2D eigenvalue weighted by Gasteiger charge is -2.34. The SMILES string of the molecule is C=CCNC(=O)N1CCN(CCc2ccc(OC)c(OC)c2)CC1. The number of carbonyl (C=O) groups is 1. The molecule has 6 nitrogen and oxygen atoms in total. The first-order valence-electron chi connectivity index (χ1n) is 8.25. The second-order valence-electron chi connectivity index (χ2n) is 5.74. The minimum Gasteiger partial charge on any atom is -0.493 e. The second kappa shape index (κ2) is 9.17. The van der Waals surface area contributed by atoms with Gasteiger partial charge in [0.25, 0.3) is 0 Å². The number of hydrogen-bond acceptors (Lipinski definition) is 4. The van der Waals surface area contributed by atoms with Crippen LogP contribution in [-0.2, 0) is 6.42 Å². The van der Waals surface area contributed by atoms with Gasteiger partial charge in [-0.3, -0.25) is 4.90 Å². The Morgan fingerprint density at radius 3 is 2.54 bits per heavy atom. The van der Waals surface area contributed by atoms with Gasteiger partial charge in [0, 0.05) is 39.3 Å². The zero-order valence-electron chi connectivity index (χ0n) is 14.6. The van der Waals surface area contributed by atoms with E-state index < -0.39 is 0 Å². The van der Waals surface area contributed by atoms with Crippen molar-refractivity contribution in [3.8, 4) is 11.5 Å². The predicted octanol–water partition coefficient (Wildman–Crippen LogP) is 1.76.